The summed E-state index contributed by atoms with van der Waals surface area (Å²) in [7, 11) is 0. The molecule has 53 heavy (non-hydrogen) atoms. The van der Waals surface area contributed by atoms with Crippen LogP contribution in [0.3, 0.4) is 0 Å². The number of hydrogen-bond acceptors (Lipinski definition) is 9. The number of hydrogen-bond donors (Lipinski definition) is 0. The number of anilines is 6. The third-order valence-corrected chi connectivity index (χ3v) is 10.6. The predicted molar refractivity (Wildman–Crippen MR) is 214 cm³/mol. The monoisotopic (exact) mass is 702 g/mol. The van der Waals surface area contributed by atoms with Crippen molar-refractivity contribution in [2.24, 2.45) is 0 Å². The lowest BCUT2D eigenvalue weighted by atomic mass is 10.1. The molecule has 8 nitrogen and oxygen atoms in total. The van der Waals surface area contributed by atoms with E-state index in [-0.39, 0.29) is 0 Å². The second-order valence-electron chi connectivity index (χ2n) is 12.8. The molecule has 0 fully saturated rings. The fraction of sp³-hybridized carbons (Fsp3) is 0. The number of para-hydroxylation sites is 4. The summed E-state index contributed by atoms with van der Waals surface area (Å²) in [4.78, 5) is 15.0. The minimum Gasteiger partial charge on any atom is -0.456 e. The van der Waals surface area contributed by atoms with Gasteiger partial charge in [0.05, 0.1) is 22.3 Å². The molecule has 5 aromatic heterocycles. The molecule has 0 bridgehead atoms. The Bertz CT molecular complexity index is 2940. The molecular weight excluding hydrogens is 677 g/mol. The maximum Gasteiger partial charge on any atom is 0.255 e. The second kappa shape index (κ2) is 11.7. The molecule has 0 aliphatic carbocycles. The van der Waals surface area contributed by atoms with Gasteiger partial charge in [-0.2, -0.15) is 4.98 Å². The second-order valence-corrected chi connectivity index (χ2v) is 13.8. The van der Waals surface area contributed by atoms with Crippen LogP contribution in [-0.2, 0) is 0 Å². The average molecular weight is 703 g/mol. The van der Waals surface area contributed by atoms with Crippen LogP contribution in [-0.4, -0.2) is 20.2 Å². The molecular formula is C44H26N6O2S. The summed E-state index contributed by atoms with van der Waals surface area (Å²) >= 11 is 1.55. The van der Waals surface area contributed by atoms with Crippen LogP contribution in [0.4, 0.5) is 34.4 Å². The van der Waals surface area contributed by atoms with Crippen LogP contribution in [0.2, 0.25) is 0 Å². The standard InChI is InChI=1S/C44H26N6O2S/c1-3-11-27(12-4-1)49(29-19-21-34-32-15-7-9-17-36(32)51-38(34)23-29)31-25-40-41(45-26-31)42-43(53-40)46-44(48-47-42)50(28-13-5-2-6-14-28)30-20-22-35-33-16-8-10-18-37(33)52-39(35)24-30/h1-26H. The van der Waals surface area contributed by atoms with Crippen LogP contribution in [0.1, 0.15) is 0 Å². The number of benzene rings is 6. The van der Waals surface area contributed by atoms with E-state index in [0.29, 0.717) is 11.5 Å². The Labute approximate surface area is 305 Å². The molecule has 0 saturated carbocycles. The van der Waals surface area contributed by atoms with Crippen molar-refractivity contribution >= 4 is 110 Å². The number of aromatic nitrogens is 4. The summed E-state index contributed by atoms with van der Waals surface area (Å²) in [5.74, 6) is 0.455. The molecule has 0 aliphatic rings. The van der Waals surface area contributed by atoms with Gasteiger partial charge in [0, 0.05) is 50.7 Å². The molecule has 0 N–H and O–H groups in total. The molecule has 6 aromatic carbocycles. The van der Waals surface area contributed by atoms with Crippen molar-refractivity contribution in [2.45, 2.75) is 0 Å². The summed E-state index contributed by atoms with van der Waals surface area (Å²) in [6.07, 6.45) is 1.89. The van der Waals surface area contributed by atoms with E-state index in [4.69, 9.17) is 23.9 Å². The van der Waals surface area contributed by atoms with E-state index < -0.39 is 0 Å². The van der Waals surface area contributed by atoms with Gasteiger partial charge in [-0.25, -0.2) is 0 Å². The zero-order chi connectivity index (χ0) is 34.9. The van der Waals surface area contributed by atoms with Crippen LogP contribution in [0.15, 0.2) is 167 Å². The quantitative estimate of drug-likeness (QED) is 0.169. The zero-order valence-corrected chi connectivity index (χ0v) is 28.7. The van der Waals surface area contributed by atoms with Gasteiger partial charge in [0.1, 0.15) is 33.4 Å². The summed E-state index contributed by atoms with van der Waals surface area (Å²) in [6, 6.07) is 51.3. The number of pyridine rings is 1. The van der Waals surface area contributed by atoms with Gasteiger partial charge in [-0.15, -0.1) is 21.5 Å². The molecule has 11 rings (SSSR count). The largest absolute Gasteiger partial charge is 0.456 e. The van der Waals surface area contributed by atoms with E-state index in [2.05, 4.69) is 70.7 Å². The maximum absolute atomic E-state index is 6.28. The van der Waals surface area contributed by atoms with Gasteiger partial charge in [-0.05, 0) is 66.7 Å². The third kappa shape index (κ3) is 4.82. The average Bonchev–Trinajstić information content (AvgIpc) is 3.89. The van der Waals surface area contributed by atoms with Crippen LogP contribution >= 0.6 is 11.3 Å². The molecule has 0 atom stereocenters. The maximum atomic E-state index is 6.28. The van der Waals surface area contributed by atoms with Crippen LogP contribution in [0.25, 0.3) is 64.4 Å². The third-order valence-electron chi connectivity index (χ3n) is 9.64. The topological polar surface area (TPSA) is 84.3 Å². The van der Waals surface area contributed by atoms with Gasteiger partial charge >= 0.3 is 0 Å². The minimum atomic E-state index is 0.455. The number of furan rings is 2. The van der Waals surface area contributed by atoms with Crippen molar-refractivity contribution in [3.8, 4) is 0 Å². The smallest absolute Gasteiger partial charge is 0.255 e. The van der Waals surface area contributed by atoms with E-state index in [1.165, 1.54) is 0 Å². The number of nitrogens with zero attached hydrogens (tertiary/aromatic N) is 6. The Morgan fingerprint density at radius 2 is 0.981 bits per heavy atom. The van der Waals surface area contributed by atoms with Gasteiger partial charge in [-0.1, -0.05) is 72.8 Å². The molecule has 0 amide bonds. The molecule has 5 heterocycles. The van der Waals surface area contributed by atoms with Crippen LogP contribution in [0.5, 0.6) is 0 Å². The van der Waals surface area contributed by atoms with Crippen LogP contribution in [0, 0.1) is 0 Å². The number of fused-ring (bicyclic) bond motifs is 9. The molecule has 250 valence electrons. The first kappa shape index (κ1) is 29.6. The van der Waals surface area contributed by atoms with Crippen molar-refractivity contribution in [3.05, 3.63) is 158 Å². The summed E-state index contributed by atoms with van der Waals surface area (Å²) in [6.45, 7) is 0. The summed E-state index contributed by atoms with van der Waals surface area (Å²) in [5, 5.41) is 13.7. The fourth-order valence-electron chi connectivity index (χ4n) is 7.22. The normalized spacial score (nSPS) is 11.8. The van der Waals surface area contributed by atoms with Gasteiger partial charge in [-0.3, -0.25) is 9.88 Å². The minimum absolute atomic E-state index is 0.455. The Morgan fingerprint density at radius 1 is 0.434 bits per heavy atom. The first-order valence-corrected chi connectivity index (χ1v) is 18.0. The van der Waals surface area contributed by atoms with Crippen molar-refractivity contribution in [2.75, 3.05) is 9.80 Å². The Balaban J connectivity index is 1.03. The lowest BCUT2D eigenvalue weighted by molar-refractivity contribution is 0.668. The van der Waals surface area contributed by atoms with Gasteiger partial charge in [0.25, 0.3) is 5.95 Å². The van der Waals surface area contributed by atoms with Gasteiger partial charge in [0.2, 0.25) is 0 Å². The Hall–Kier alpha value is -7.10. The van der Waals surface area contributed by atoms with Crippen LogP contribution < -0.4 is 9.80 Å². The summed E-state index contributed by atoms with van der Waals surface area (Å²) < 4.78 is 13.5. The SMILES string of the molecule is c1ccc(N(c2ccc3c(c2)oc2ccccc23)c2cnc3c(c2)sc2nc(N(c4ccccc4)c4ccc5c(c4)oc4ccccc45)nnc23)cc1. The van der Waals surface area contributed by atoms with E-state index in [1.807, 2.05) is 102 Å². The van der Waals surface area contributed by atoms with Crippen molar-refractivity contribution in [3.63, 3.8) is 0 Å². The first-order chi connectivity index (χ1) is 26.2. The highest BCUT2D eigenvalue weighted by atomic mass is 32.1. The molecule has 0 spiro atoms. The van der Waals surface area contributed by atoms with Gasteiger partial charge < -0.3 is 13.7 Å². The highest BCUT2D eigenvalue weighted by molar-refractivity contribution is 7.25. The number of thiophene rings is 1. The van der Waals surface area contributed by atoms with Gasteiger partial charge in [0.15, 0.2) is 4.83 Å². The van der Waals surface area contributed by atoms with E-state index in [9.17, 15) is 0 Å². The highest BCUT2D eigenvalue weighted by Crippen LogP contribution is 2.42. The Kier molecular flexibility index (Phi) is 6.55. The molecule has 11 aromatic rings. The first-order valence-electron chi connectivity index (χ1n) is 17.2. The van der Waals surface area contributed by atoms with E-state index in [0.717, 1.165) is 87.4 Å². The van der Waals surface area contributed by atoms with Crippen molar-refractivity contribution < 1.29 is 8.83 Å². The predicted octanol–water partition coefficient (Wildman–Crippen LogP) is 12.4. The Morgan fingerprint density at radius 3 is 1.62 bits per heavy atom. The van der Waals surface area contributed by atoms with Crippen molar-refractivity contribution in [1.82, 2.24) is 20.2 Å². The molecule has 0 radical (unpaired) electrons. The molecule has 0 unspecified atom stereocenters. The molecule has 0 aliphatic heterocycles. The highest BCUT2D eigenvalue weighted by Gasteiger charge is 2.22. The fourth-order valence-corrected chi connectivity index (χ4v) is 8.22. The molecule has 0 saturated heterocycles. The lowest BCUT2D eigenvalue weighted by Gasteiger charge is -2.25. The zero-order valence-electron chi connectivity index (χ0n) is 27.9. The number of rotatable bonds is 6. The van der Waals surface area contributed by atoms with Crippen molar-refractivity contribution in [1.29, 1.82) is 0 Å². The lowest BCUT2D eigenvalue weighted by Crippen LogP contribution is -2.13. The summed E-state index contributed by atoms with van der Waals surface area (Å²) in [5.41, 5.74) is 9.41. The van der Waals surface area contributed by atoms with E-state index in [1.54, 1.807) is 11.3 Å². The van der Waals surface area contributed by atoms with E-state index >= 15 is 0 Å². The molecule has 9 heteroatoms.